The first-order valence-corrected chi connectivity index (χ1v) is 9.04. The van der Waals surface area contributed by atoms with Crippen LogP contribution in [-0.2, 0) is 10.0 Å². The van der Waals surface area contributed by atoms with Gasteiger partial charge in [0, 0.05) is 40.3 Å². The van der Waals surface area contributed by atoms with Crippen LogP contribution in [0, 0.1) is 0 Å². The molecule has 0 radical (unpaired) electrons. The normalized spacial score (nSPS) is 12.5. The van der Waals surface area contributed by atoms with Gasteiger partial charge in [0.1, 0.15) is 0 Å². The van der Waals surface area contributed by atoms with Crippen LogP contribution >= 0.6 is 0 Å². The maximum absolute atomic E-state index is 12.1. The molecular formula is C14H30N4O2S. The summed E-state index contributed by atoms with van der Waals surface area (Å²) in [6, 6.07) is 0. The van der Waals surface area contributed by atoms with E-state index >= 15 is 0 Å². The van der Waals surface area contributed by atoms with E-state index in [2.05, 4.69) is 16.9 Å². The molecule has 0 bridgehead atoms. The monoisotopic (exact) mass is 318 g/mol. The molecule has 124 valence electrons. The van der Waals surface area contributed by atoms with Gasteiger partial charge < -0.3 is 10.2 Å². The number of hydrogen-bond donors (Lipinski definition) is 1. The predicted molar refractivity (Wildman–Crippen MR) is 90.1 cm³/mol. The largest absolute Gasteiger partial charge is 0.355 e. The lowest BCUT2D eigenvalue weighted by molar-refractivity contribution is 0.443. The number of unbranched alkanes of at least 4 members (excludes halogenated alkanes) is 1. The van der Waals surface area contributed by atoms with E-state index in [0.29, 0.717) is 25.6 Å². The van der Waals surface area contributed by atoms with Crippen molar-refractivity contribution in [2.75, 3.05) is 46.0 Å². The molecule has 0 aromatic rings. The lowest BCUT2D eigenvalue weighted by Gasteiger charge is -2.23. The minimum absolute atomic E-state index is 0.0776. The summed E-state index contributed by atoms with van der Waals surface area (Å²) in [4.78, 5) is 6.16. The third kappa shape index (κ3) is 7.47. The van der Waals surface area contributed by atoms with E-state index in [1.807, 2.05) is 31.9 Å². The molecule has 0 heterocycles. The molecule has 0 saturated heterocycles. The Kier molecular flexibility index (Phi) is 10.1. The highest BCUT2D eigenvalue weighted by atomic mass is 32.2. The molecule has 0 spiro atoms. The van der Waals surface area contributed by atoms with Crippen LogP contribution in [0.1, 0.15) is 26.7 Å². The molecule has 0 aromatic heterocycles. The second-order valence-electron chi connectivity index (χ2n) is 4.73. The van der Waals surface area contributed by atoms with Crippen LogP contribution in [-0.4, -0.2) is 69.6 Å². The Morgan fingerprint density at radius 1 is 1.33 bits per heavy atom. The summed E-state index contributed by atoms with van der Waals surface area (Å²) in [5, 5.41) is 3.10. The number of hydrogen-bond acceptors (Lipinski definition) is 3. The smallest absolute Gasteiger partial charge is 0.215 e. The molecule has 0 unspecified atom stereocenters. The third-order valence-electron chi connectivity index (χ3n) is 3.22. The van der Waals surface area contributed by atoms with E-state index in [1.165, 1.54) is 4.31 Å². The summed E-state index contributed by atoms with van der Waals surface area (Å²) in [5.41, 5.74) is 0. The molecule has 0 fully saturated rings. The van der Waals surface area contributed by atoms with Gasteiger partial charge >= 0.3 is 0 Å². The van der Waals surface area contributed by atoms with Crippen LogP contribution in [0.4, 0.5) is 0 Å². The fourth-order valence-electron chi connectivity index (χ4n) is 2.00. The number of rotatable bonds is 10. The topological polar surface area (TPSA) is 65.0 Å². The molecule has 0 saturated carbocycles. The molecule has 0 aliphatic carbocycles. The Bertz CT molecular complexity index is 417. The number of nitrogens with one attached hydrogen (secondary N) is 1. The Balaban J connectivity index is 4.32. The minimum Gasteiger partial charge on any atom is -0.355 e. The summed E-state index contributed by atoms with van der Waals surface area (Å²) < 4.78 is 25.6. The molecule has 0 amide bonds. The fraction of sp³-hybridized carbons (Fsp3) is 0.786. The van der Waals surface area contributed by atoms with E-state index in [1.54, 1.807) is 7.05 Å². The molecule has 1 N–H and O–H groups in total. The summed E-state index contributed by atoms with van der Waals surface area (Å²) in [5.74, 6) is 0.794. The van der Waals surface area contributed by atoms with Gasteiger partial charge in [-0.2, -0.15) is 0 Å². The van der Waals surface area contributed by atoms with Crippen molar-refractivity contribution in [1.82, 2.24) is 14.5 Å². The van der Waals surface area contributed by atoms with Crippen molar-refractivity contribution in [2.45, 2.75) is 26.7 Å². The van der Waals surface area contributed by atoms with E-state index in [4.69, 9.17) is 0 Å². The number of guanidine groups is 1. The van der Waals surface area contributed by atoms with Gasteiger partial charge in [-0.25, -0.2) is 12.7 Å². The number of allylic oxidation sites excluding steroid dienone is 1. The van der Waals surface area contributed by atoms with Gasteiger partial charge in [0.15, 0.2) is 5.96 Å². The zero-order valence-electron chi connectivity index (χ0n) is 13.8. The average Bonchev–Trinajstić information content (AvgIpc) is 2.44. The Morgan fingerprint density at radius 2 is 1.95 bits per heavy atom. The van der Waals surface area contributed by atoms with Crippen LogP contribution in [0.5, 0.6) is 0 Å². The second-order valence-corrected chi connectivity index (χ2v) is 6.82. The first kappa shape index (κ1) is 19.9. The molecule has 0 rings (SSSR count). The molecule has 0 atom stereocenters. The predicted octanol–water partition coefficient (Wildman–Crippen LogP) is 1.13. The summed E-state index contributed by atoms with van der Waals surface area (Å²) in [7, 11) is 0.452. The molecule has 0 aliphatic heterocycles. The Labute approximate surface area is 130 Å². The number of sulfonamides is 1. The van der Waals surface area contributed by atoms with Crippen LogP contribution < -0.4 is 5.32 Å². The minimum atomic E-state index is -3.19. The average molecular weight is 318 g/mol. The summed E-state index contributed by atoms with van der Waals surface area (Å²) in [6.07, 6.45) is 3.84. The van der Waals surface area contributed by atoms with Crippen molar-refractivity contribution < 1.29 is 8.42 Å². The summed E-state index contributed by atoms with van der Waals surface area (Å²) in [6.45, 7) is 9.62. The van der Waals surface area contributed by atoms with Gasteiger partial charge in [-0.05, 0) is 12.8 Å². The molecule has 6 nitrogen and oxygen atoms in total. The van der Waals surface area contributed by atoms with Crippen LogP contribution in [0.2, 0.25) is 0 Å². The highest BCUT2D eigenvalue weighted by Gasteiger charge is 2.18. The SMILES string of the molecule is C=CCCCN(C)C(=NC)NCCS(=O)(=O)N(CC)CC. The highest BCUT2D eigenvalue weighted by molar-refractivity contribution is 7.89. The van der Waals surface area contributed by atoms with Crippen LogP contribution in [0.3, 0.4) is 0 Å². The zero-order valence-corrected chi connectivity index (χ0v) is 14.6. The molecule has 0 aliphatic rings. The lowest BCUT2D eigenvalue weighted by Crippen LogP contribution is -2.43. The highest BCUT2D eigenvalue weighted by Crippen LogP contribution is 2.00. The van der Waals surface area contributed by atoms with E-state index in [9.17, 15) is 8.42 Å². The van der Waals surface area contributed by atoms with Gasteiger partial charge in [0.05, 0.1) is 5.75 Å². The first-order valence-electron chi connectivity index (χ1n) is 7.43. The number of nitrogens with zero attached hydrogens (tertiary/aromatic N) is 3. The van der Waals surface area contributed by atoms with E-state index in [-0.39, 0.29) is 5.75 Å². The standard InChI is InChI=1S/C14H30N4O2S/c1-6-9-10-12-17(5)14(15-4)16-11-13-21(19,20)18(7-2)8-3/h6H,1,7-13H2,2-5H3,(H,15,16). The fourth-order valence-corrected chi connectivity index (χ4v) is 3.41. The maximum atomic E-state index is 12.1. The van der Waals surface area contributed by atoms with E-state index in [0.717, 1.165) is 19.4 Å². The van der Waals surface area contributed by atoms with Crippen LogP contribution in [0.25, 0.3) is 0 Å². The second kappa shape index (κ2) is 10.6. The Hall–Kier alpha value is -1.08. The lowest BCUT2D eigenvalue weighted by atomic mass is 10.3. The van der Waals surface area contributed by atoms with Crippen molar-refractivity contribution in [1.29, 1.82) is 0 Å². The zero-order chi connectivity index (χ0) is 16.3. The third-order valence-corrected chi connectivity index (χ3v) is 5.24. The molecule has 7 heteroatoms. The van der Waals surface area contributed by atoms with Crippen LogP contribution in [0.15, 0.2) is 17.6 Å². The summed E-state index contributed by atoms with van der Waals surface area (Å²) >= 11 is 0. The van der Waals surface area contributed by atoms with Crippen molar-refractivity contribution >= 4 is 16.0 Å². The van der Waals surface area contributed by atoms with Crippen molar-refractivity contribution in [3.8, 4) is 0 Å². The Morgan fingerprint density at radius 3 is 2.43 bits per heavy atom. The van der Waals surface area contributed by atoms with Gasteiger partial charge in [0.2, 0.25) is 10.0 Å². The van der Waals surface area contributed by atoms with Gasteiger partial charge in [0.25, 0.3) is 0 Å². The van der Waals surface area contributed by atoms with Gasteiger partial charge in [-0.3, -0.25) is 4.99 Å². The maximum Gasteiger partial charge on any atom is 0.215 e. The van der Waals surface area contributed by atoms with Crippen molar-refractivity contribution in [3.05, 3.63) is 12.7 Å². The molecule has 21 heavy (non-hydrogen) atoms. The van der Waals surface area contributed by atoms with E-state index < -0.39 is 10.0 Å². The van der Waals surface area contributed by atoms with Crippen molar-refractivity contribution in [3.63, 3.8) is 0 Å². The van der Waals surface area contributed by atoms with Crippen molar-refractivity contribution in [2.24, 2.45) is 4.99 Å². The van der Waals surface area contributed by atoms with Gasteiger partial charge in [-0.1, -0.05) is 19.9 Å². The van der Waals surface area contributed by atoms with Gasteiger partial charge in [-0.15, -0.1) is 6.58 Å². The molecule has 0 aromatic carbocycles. The quantitative estimate of drug-likeness (QED) is 0.284. The first-order chi connectivity index (χ1) is 9.92. The molecular weight excluding hydrogens is 288 g/mol. The number of aliphatic imine (C=N–C) groups is 1.